The lowest BCUT2D eigenvalue weighted by molar-refractivity contribution is 0.439. The molecule has 0 atom stereocenters. The number of rotatable bonds is 2. The van der Waals surface area contributed by atoms with Crippen molar-refractivity contribution in [3.63, 3.8) is 0 Å². The summed E-state index contributed by atoms with van der Waals surface area (Å²) in [4.78, 5) is 3.78. The highest BCUT2D eigenvalue weighted by Gasteiger charge is 2.15. The lowest BCUT2D eigenvalue weighted by Crippen LogP contribution is -1.92. The van der Waals surface area contributed by atoms with Crippen molar-refractivity contribution in [2.75, 3.05) is 0 Å². The molecule has 0 unspecified atom stereocenters. The van der Waals surface area contributed by atoms with Crippen molar-refractivity contribution in [2.24, 2.45) is 0 Å². The van der Waals surface area contributed by atoms with Gasteiger partial charge in [-0.05, 0) is 12.5 Å². The molecule has 0 aromatic carbocycles. The average Bonchev–Trinajstić information content (AvgIpc) is 2.57. The number of aryl methyl sites for hydroxylation is 1. The molecule has 0 N–H and O–H groups in total. The summed E-state index contributed by atoms with van der Waals surface area (Å²) in [5, 5.41) is 4.34. The van der Waals surface area contributed by atoms with Crippen LogP contribution in [0.1, 0.15) is 12.6 Å². The Bertz CT molecular complexity index is 605. The van der Waals surface area contributed by atoms with Crippen LogP contribution in [-0.2, 0) is 15.5 Å². The molecule has 0 aliphatic rings. The van der Waals surface area contributed by atoms with E-state index in [1.807, 2.05) is 6.92 Å². The first-order valence-electron chi connectivity index (χ1n) is 4.21. The van der Waals surface area contributed by atoms with Crippen molar-refractivity contribution in [2.45, 2.75) is 18.2 Å². The van der Waals surface area contributed by atoms with Gasteiger partial charge < -0.3 is 4.52 Å². The number of hydrogen-bond donors (Lipinski definition) is 0. The van der Waals surface area contributed by atoms with Crippen LogP contribution in [0.5, 0.6) is 0 Å². The van der Waals surface area contributed by atoms with Gasteiger partial charge in [0, 0.05) is 10.7 Å². The van der Waals surface area contributed by atoms with Crippen LogP contribution in [0, 0.1) is 0 Å². The minimum Gasteiger partial charge on any atom is -0.336 e. The average molecular weight is 247 g/mol. The van der Waals surface area contributed by atoms with E-state index in [-0.39, 0.29) is 4.90 Å². The predicted molar refractivity (Wildman–Crippen MR) is 54.2 cm³/mol. The fourth-order valence-corrected chi connectivity index (χ4v) is 1.94. The molecule has 0 aliphatic heterocycles. The second-order valence-corrected chi connectivity index (χ2v) is 5.51. The molecule has 0 radical (unpaired) electrons. The van der Waals surface area contributed by atoms with Crippen molar-refractivity contribution in [1.29, 1.82) is 0 Å². The minimum absolute atomic E-state index is 0.0467. The molecule has 80 valence electrons. The van der Waals surface area contributed by atoms with E-state index in [0.717, 1.165) is 6.20 Å². The van der Waals surface area contributed by atoms with E-state index in [0.29, 0.717) is 23.2 Å². The minimum atomic E-state index is -3.76. The molecule has 0 spiro atoms. The molecule has 0 aliphatic carbocycles. The largest absolute Gasteiger partial charge is 0.336 e. The van der Waals surface area contributed by atoms with E-state index in [2.05, 4.69) is 10.1 Å². The highest BCUT2D eigenvalue weighted by atomic mass is 35.7. The van der Waals surface area contributed by atoms with Gasteiger partial charge in [-0.1, -0.05) is 12.1 Å². The molecule has 0 fully saturated rings. The summed E-state index contributed by atoms with van der Waals surface area (Å²) in [5.74, 6) is 0. The monoisotopic (exact) mass is 246 g/mol. The van der Waals surface area contributed by atoms with Crippen molar-refractivity contribution in [1.82, 2.24) is 10.1 Å². The first-order chi connectivity index (χ1) is 7.02. The van der Waals surface area contributed by atoms with Gasteiger partial charge >= 0.3 is 0 Å². The molecule has 2 heterocycles. The van der Waals surface area contributed by atoms with E-state index in [9.17, 15) is 8.42 Å². The summed E-state index contributed by atoms with van der Waals surface area (Å²) in [7, 11) is 1.45. The summed E-state index contributed by atoms with van der Waals surface area (Å²) in [6.07, 6.45) is 1.79. The summed E-state index contributed by atoms with van der Waals surface area (Å²) in [6.45, 7) is 1.89. The van der Waals surface area contributed by atoms with Crippen molar-refractivity contribution in [3.05, 3.63) is 18.0 Å². The second kappa shape index (κ2) is 3.46. The second-order valence-electron chi connectivity index (χ2n) is 2.94. The van der Waals surface area contributed by atoms with E-state index in [1.54, 1.807) is 0 Å². The highest BCUT2D eigenvalue weighted by molar-refractivity contribution is 8.13. The SMILES string of the molecule is CCc1noc2ncc(S(=O)(=O)Cl)cc12. The standard InChI is InChI=1S/C8H7ClN2O3S/c1-2-7-6-3-5(15(9,12)13)4-10-8(6)14-11-7/h3-4H,2H2,1H3. The van der Waals surface area contributed by atoms with E-state index >= 15 is 0 Å². The first kappa shape index (κ1) is 10.4. The van der Waals surface area contributed by atoms with Gasteiger partial charge in [-0.3, -0.25) is 0 Å². The number of nitrogens with zero attached hydrogens (tertiary/aromatic N) is 2. The van der Waals surface area contributed by atoms with Gasteiger partial charge in [0.05, 0.1) is 17.3 Å². The Morgan fingerprint density at radius 2 is 2.27 bits per heavy atom. The Morgan fingerprint density at radius 3 is 2.87 bits per heavy atom. The molecule has 0 bridgehead atoms. The third-order valence-corrected chi connectivity index (χ3v) is 3.32. The fraction of sp³-hybridized carbons (Fsp3) is 0.250. The molecular weight excluding hydrogens is 240 g/mol. The van der Waals surface area contributed by atoms with Gasteiger partial charge in [-0.2, -0.15) is 0 Å². The summed E-state index contributed by atoms with van der Waals surface area (Å²) in [5.41, 5.74) is 0.982. The maximum Gasteiger partial charge on any atom is 0.262 e. The number of pyridine rings is 1. The molecule has 5 nitrogen and oxygen atoms in total. The van der Waals surface area contributed by atoms with Crippen LogP contribution < -0.4 is 0 Å². The number of hydrogen-bond acceptors (Lipinski definition) is 5. The fourth-order valence-electron chi connectivity index (χ4n) is 1.25. The van der Waals surface area contributed by atoms with Crippen LogP contribution in [0.4, 0.5) is 0 Å². The van der Waals surface area contributed by atoms with Gasteiger partial charge in [0.15, 0.2) is 0 Å². The topological polar surface area (TPSA) is 73.1 Å². The summed E-state index contributed by atoms with van der Waals surface area (Å²) >= 11 is 0. The number of aromatic nitrogens is 2. The van der Waals surface area contributed by atoms with Crippen molar-refractivity contribution in [3.8, 4) is 0 Å². The Hall–Kier alpha value is -1.14. The molecule has 7 heteroatoms. The van der Waals surface area contributed by atoms with Gasteiger partial charge in [-0.15, -0.1) is 0 Å². The number of halogens is 1. The van der Waals surface area contributed by atoms with E-state index in [1.165, 1.54) is 6.07 Å². The normalized spacial score (nSPS) is 12.1. The molecule has 0 saturated heterocycles. The van der Waals surface area contributed by atoms with Gasteiger partial charge in [0.25, 0.3) is 14.8 Å². The van der Waals surface area contributed by atoms with Crippen LogP contribution in [0.2, 0.25) is 0 Å². The lowest BCUT2D eigenvalue weighted by atomic mass is 10.2. The molecule has 2 rings (SSSR count). The maximum atomic E-state index is 11.1. The molecule has 0 saturated carbocycles. The van der Waals surface area contributed by atoms with Gasteiger partial charge in [0.1, 0.15) is 4.90 Å². The number of fused-ring (bicyclic) bond motifs is 1. The zero-order valence-corrected chi connectivity index (χ0v) is 9.34. The zero-order valence-electron chi connectivity index (χ0n) is 7.77. The van der Waals surface area contributed by atoms with Crippen molar-refractivity contribution >= 4 is 30.8 Å². The molecular formula is C8H7ClN2O3S. The van der Waals surface area contributed by atoms with Crippen LogP contribution in [0.3, 0.4) is 0 Å². The van der Waals surface area contributed by atoms with Crippen LogP contribution in [0.15, 0.2) is 21.7 Å². The molecule has 0 amide bonds. The predicted octanol–water partition coefficient (Wildman–Crippen LogP) is 1.71. The highest BCUT2D eigenvalue weighted by Crippen LogP contribution is 2.22. The van der Waals surface area contributed by atoms with Crippen LogP contribution in [-0.4, -0.2) is 18.6 Å². The van der Waals surface area contributed by atoms with E-state index < -0.39 is 9.05 Å². The smallest absolute Gasteiger partial charge is 0.262 e. The van der Waals surface area contributed by atoms with Crippen LogP contribution >= 0.6 is 10.7 Å². The van der Waals surface area contributed by atoms with E-state index in [4.69, 9.17) is 15.2 Å². The van der Waals surface area contributed by atoms with Crippen LogP contribution in [0.25, 0.3) is 11.1 Å². The maximum absolute atomic E-state index is 11.1. The van der Waals surface area contributed by atoms with Gasteiger partial charge in [-0.25, -0.2) is 13.4 Å². The third-order valence-electron chi connectivity index (χ3n) is 2.00. The third kappa shape index (κ3) is 1.82. The quantitative estimate of drug-likeness (QED) is 0.755. The zero-order chi connectivity index (χ0) is 11.1. The van der Waals surface area contributed by atoms with Gasteiger partial charge in [0.2, 0.25) is 0 Å². The lowest BCUT2D eigenvalue weighted by Gasteiger charge is -1.94. The Kier molecular flexibility index (Phi) is 2.40. The molecule has 2 aromatic rings. The summed E-state index contributed by atoms with van der Waals surface area (Å²) in [6, 6.07) is 1.42. The first-order valence-corrected chi connectivity index (χ1v) is 6.52. The molecule has 2 aromatic heterocycles. The summed E-state index contributed by atoms with van der Waals surface area (Å²) < 4.78 is 27.1. The Labute approximate surface area is 90.5 Å². The molecule has 15 heavy (non-hydrogen) atoms. The Morgan fingerprint density at radius 1 is 1.53 bits per heavy atom. The Balaban J connectivity index is 2.73. The van der Waals surface area contributed by atoms with Crippen molar-refractivity contribution < 1.29 is 12.9 Å².